The topological polar surface area (TPSA) is 45.6 Å². The van der Waals surface area contributed by atoms with Gasteiger partial charge in [0.25, 0.3) is 0 Å². The van der Waals surface area contributed by atoms with E-state index in [1.165, 1.54) is 24.3 Å². The van der Waals surface area contributed by atoms with Crippen LogP contribution < -0.4 is 9.80 Å². The van der Waals surface area contributed by atoms with Crippen LogP contribution in [0.2, 0.25) is 0 Å². The average Bonchev–Trinajstić information content (AvgIpc) is 3.46. The van der Waals surface area contributed by atoms with Crippen molar-refractivity contribution in [3.63, 3.8) is 0 Å². The molecule has 1 aliphatic carbocycles. The molecule has 7 heteroatoms. The van der Waals surface area contributed by atoms with Crippen molar-refractivity contribution < 1.29 is 23.1 Å². The van der Waals surface area contributed by atoms with Crippen LogP contribution in [-0.4, -0.2) is 16.6 Å². The molecule has 1 fully saturated rings. The summed E-state index contributed by atoms with van der Waals surface area (Å²) in [5.74, 6) is 0.570. The molecule has 0 unspecified atom stereocenters. The second-order valence-electron chi connectivity index (χ2n) is 6.61. The van der Waals surface area contributed by atoms with Crippen LogP contribution in [0.4, 0.5) is 19.0 Å². The highest BCUT2D eigenvalue weighted by atomic mass is 19.4. The van der Waals surface area contributed by atoms with E-state index in [0.717, 1.165) is 34.2 Å². The molecule has 27 heavy (non-hydrogen) atoms. The number of hydrogen-bond acceptors (Lipinski definition) is 4. The van der Waals surface area contributed by atoms with Gasteiger partial charge in [0.05, 0.1) is 6.54 Å². The zero-order valence-electron chi connectivity index (χ0n) is 14.3. The molecule has 1 heterocycles. The van der Waals surface area contributed by atoms with E-state index in [-0.39, 0.29) is 12.3 Å². The van der Waals surface area contributed by atoms with Crippen molar-refractivity contribution in [1.82, 2.24) is 4.98 Å². The van der Waals surface area contributed by atoms with Crippen molar-refractivity contribution >= 4 is 16.6 Å². The minimum atomic E-state index is -4.72. The van der Waals surface area contributed by atoms with Crippen LogP contribution in [0.5, 0.6) is 5.75 Å². The molecule has 0 spiro atoms. The maximum atomic E-state index is 12.2. The first-order valence-electron chi connectivity index (χ1n) is 8.59. The Balaban J connectivity index is 1.58. The Hall–Kier alpha value is -2.80. The van der Waals surface area contributed by atoms with Gasteiger partial charge in [0.1, 0.15) is 5.75 Å². The number of ether oxygens (including phenoxy) is 1. The van der Waals surface area contributed by atoms with Crippen LogP contribution in [-0.2, 0) is 6.54 Å². The van der Waals surface area contributed by atoms with Gasteiger partial charge in [-0.15, -0.1) is 13.2 Å². The predicted octanol–water partition coefficient (Wildman–Crippen LogP) is 5.41. The van der Waals surface area contributed by atoms with Crippen LogP contribution in [0, 0.1) is 0 Å². The maximum Gasteiger partial charge on any atom is 0.573 e. The first-order valence-corrected chi connectivity index (χ1v) is 8.59. The molecule has 0 saturated heterocycles. The molecule has 0 bridgehead atoms. The van der Waals surface area contributed by atoms with E-state index in [9.17, 15) is 18.4 Å². The fourth-order valence-electron chi connectivity index (χ4n) is 3.20. The second-order valence-corrected chi connectivity index (χ2v) is 6.61. The molecule has 140 valence electrons. The number of fused-ring (bicyclic) bond motifs is 1. The summed E-state index contributed by atoms with van der Waals surface area (Å²) in [5, 5.41) is 13.7. The molecule has 3 aromatic rings. The molecule has 4 rings (SSSR count). The Morgan fingerprint density at radius 2 is 1.78 bits per heavy atom. The number of hydroxylamine groups is 1. The lowest BCUT2D eigenvalue weighted by Crippen LogP contribution is -2.20. The molecule has 1 saturated carbocycles. The smallest absolute Gasteiger partial charge is 0.406 e. The number of benzene rings is 2. The lowest BCUT2D eigenvalue weighted by Gasteiger charge is -2.21. The SMILES string of the molecule is ON(Cc1ccc(OC(F)(F)F)cc1)c1ncc2ccccc2c1C1CC1. The zero-order valence-corrected chi connectivity index (χ0v) is 14.3. The summed E-state index contributed by atoms with van der Waals surface area (Å²) in [6.45, 7) is 0.108. The standard InChI is InChI=1S/C20H17F3N2O2/c21-20(22,23)27-16-9-5-13(6-10-16)12-25(26)19-18(14-7-8-14)17-4-2-1-3-15(17)11-24-19/h1-6,9-11,14,26H,7-8,12H2. The van der Waals surface area contributed by atoms with E-state index in [1.54, 1.807) is 6.20 Å². The summed E-state index contributed by atoms with van der Waals surface area (Å²) in [6, 6.07) is 13.3. The van der Waals surface area contributed by atoms with Crippen LogP contribution in [0.1, 0.15) is 29.9 Å². The molecule has 0 amide bonds. The number of aromatic nitrogens is 1. The van der Waals surface area contributed by atoms with Gasteiger partial charge in [0.15, 0.2) is 5.82 Å². The van der Waals surface area contributed by atoms with E-state index in [2.05, 4.69) is 9.72 Å². The highest BCUT2D eigenvalue weighted by molar-refractivity contribution is 5.89. The van der Waals surface area contributed by atoms with E-state index in [4.69, 9.17) is 0 Å². The van der Waals surface area contributed by atoms with Crippen molar-refractivity contribution in [3.05, 3.63) is 65.9 Å². The molecule has 1 aromatic heterocycles. The summed E-state index contributed by atoms with van der Waals surface area (Å²) < 4.78 is 40.6. The number of halogens is 3. The Bertz CT molecular complexity index is 954. The van der Waals surface area contributed by atoms with Crippen LogP contribution in [0.15, 0.2) is 54.7 Å². The van der Waals surface area contributed by atoms with Gasteiger partial charge < -0.3 is 4.74 Å². The molecular weight excluding hydrogens is 357 g/mol. The monoisotopic (exact) mass is 374 g/mol. The largest absolute Gasteiger partial charge is 0.573 e. The third-order valence-electron chi connectivity index (χ3n) is 4.54. The van der Waals surface area contributed by atoms with Gasteiger partial charge in [-0.1, -0.05) is 36.4 Å². The molecule has 0 radical (unpaired) electrons. The Morgan fingerprint density at radius 1 is 1.07 bits per heavy atom. The van der Waals surface area contributed by atoms with E-state index < -0.39 is 6.36 Å². The normalized spacial score (nSPS) is 14.4. The Kier molecular flexibility index (Phi) is 4.39. The number of rotatable bonds is 5. The fourth-order valence-corrected chi connectivity index (χ4v) is 3.20. The second kappa shape index (κ2) is 6.74. The number of alkyl halides is 3. The minimum absolute atomic E-state index is 0.108. The quantitative estimate of drug-likeness (QED) is 0.607. The maximum absolute atomic E-state index is 12.2. The summed E-state index contributed by atoms with van der Waals surface area (Å²) in [5.41, 5.74) is 1.66. The third-order valence-corrected chi connectivity index (χ3v) is 4.54. The molecule has 2 aromatic carbocycles. The summed E-state index contributed by atoms with van der Waals surface area (Å²) >= 11 is 0. The number of nitrogens with zero attached hydrogens (tertiary/aromatic N) is 2. The first kappa shape index (κ1) is 17.6. The van der Waals surface area contributed by atoms with Crippen molar-refractivity contribution in [2.45, 2.75) is 31.7 Å². The van der Waals surface area contributed by atoms with Crippen LogP contribution >= 0.6 is 0 Å². The van der Waals surface area contributed by atoms with Gasteiger partial charge in [-0.2, -0.15) is 0 Å². The molecule has 0 aliphatic heterocycles. The van der Waals surface area contributed by atoms with Crippen molar-refractivity contribution in [2.24, 2.45) is 0 Å². The van der Waals surface area contributed by atoms with E-state index >= 15 is 0 Å². The van der Waals surface area contributed by atoms with E-state index in [0.29, 0.717) is 17.3 Å². The van der Waals surface area contributed by atoms with Crippen molar-refractivity contribution in [3.8, 4) is 5.75 Å². The first-order chi connectivity index (χ1) is 12.9. The van der Waals surface area contributed by atoms with Crippen LogP contribution in [0.25, 0.3) is 10.8 Å². The number of hydrogen-bond donors (Lipinski definition) is 1. The summed E-state index contributed by atoms with van der Waals surface area (Å²) in [7, 11) is 0. The Labute approximate surface area is 153 Å². The molecule has 1 N–H and O–H groups in total. The Morgan fingerprint density at radius 3 is 2.44 bits per heavy atom. The minimum Gasteiger partial charge on any atom is -0.406 e. The van der Waals surface area contributed by atoms with Gasteiger partial charge in [-0.05, 0) is 41.8 Å². The molecular formula is C20H17F3N2O2. The van der Waals surface area contributed by atoms with Gasteiger partial charge >= 0.3 is 6.36 Å². The predicted molar refractivity (Wildman–Crippen MR) is 94.8 cm³/mol. The van der Waals surface area contributed by atoms with E-state index in [1.807, 2.05) is 24.3 Å². The fraction of sp³-hybridized carbons (Fsp3) is 0.250. The van der Waals surface area contributed by atoms with Crippen molar-refractivity contribution in [2.75, 3.05) is 5.06 Å². The third kappa shape index (κ3) is 3.98. The summed E-state index contributed by atoms with van der Waals surface area (Å²) in [6.07, 6.45) is -0.890. The average molecular weight is 374 g/mol. The lowest BCUT2D eigenvalue weighted by molar-refractivity contribution is -0.274. The molecule has 1 aliphatic rings. The van der Waals surface area contributed by atoms with Crippen LogP contribution in [0.3, 0.4) is 0 Å². The molecule has 4 nitrogen and oxygen atoms in total. The number of pyridine rings is 1. The highest BCUT2D eigenvalue weighted by Crippen LogP contribution is 2.46. The van der Waals surface area contributed by atoms with Gasteiger partial charge in [-0.3, -0.25) is 5.21 Å². The van der Waals surface area contributed by atoms with Gasteiger partial charge in [-0.25, -0.2) is 10.0 Å². The number of anilines is 1. The zero-order chi connectivity index (χ0) is 19.0. The van der Waals surface area contributed by atoms with Gasteiger partial charge in [0.2, 0.25) is 0 Å². The van der Waals surface area contributed by atoms with Gasteiger partial charge in [0, 0.05) is 17.1 Å². The highest BCUT2D eigenvalue weighted by Gasteiger charge is 2.31. The summed E-state index contributed by atoms with van der Waals surface area (Å²) in [4.78, 5) is 4.43. The van der Waals surface area contributed by atoms with Crippen molar-refractivity contribution in [1.29, 1.82) is 0 Å². The molecule has 0 atom stereocenters. The lowest BCUT2D eigenvalue weighted by atomic mass is 10.0.